The lowest BCUT2D eigenvalue weighted by atomic mass is 9.81. The van der Waals surface area contributed by atoms with Crippen molar-refractivity contribution >= 4 is 28.7 Å². The number of aromatic nitrogens is 1. The number of hydrogen-bond acceptors (Lipinski definition) is 10. The van der Waals surface area contributed by atoms with Crippen molar-refractivity contribution in [1.29, 1.82) is 5.26 Å². The highest BCUT2D eigenvalue weighted by Gasteiger charge is 2.43. The summed E-state index contributed by atoms with van der Waals surface area (Å²) >= 11 is 0. The first-order valence-electron chi connectivity index (χ1n) is 12.1. The molecule has 40 heavy (non-hydrogen) atoms. The Morgan fingerprint density at radius 3 is 2.40 bits per heavy atom. The molecule has 200 valence electrons. The molecule has 0 bridgehead atoms. The van der Waals surface area contributed by atoms with Gasteiger partial charge in [0.25, 0.3) is 0 Å². The molecule has 1 aromatic heterocycles. The van der Waals surface area contributed by atoms with Gasteiger partial charge in [-0.3, -0.25) is 4.90 Å². The number of methoxy groups -OCH3 is 3. The molecule has 10 heteroatoms. The van der Waals surface area contributed by atoms with Crippen LogP contribution >= 0.6 is 0 Å². The predicted molar refractivity (Wildman–Crippen MR) is 146 cm³/mol. The number of rotatable bonds is 6. The van der Waals surface area contributed by atoms with E-state index in [9.17, 15) is 14.9 Å². The SMILES string of the molecule is COC(=O)C1=C(C(=O)OC)N(c2ccc3nc(-c4cccc(OC)c4)oc3c2)C(N)=C(C#N)C1c1ccccc1. The Kier molecular flexibility index (Phi) is 6.95. The third kappa shape index (κ3) is 4.39. The number of nitrogens with zero attached hydrogens (tertiary/aromatic N) is 3. The van der Waals surface area contributed by atoms with Crippen molar-refractivity contribution in [3.63, 3.8) is 0 Å². The Bertz CT molecular complexity index is 1730. The molecule has 0 amide bonds. The van der Waals surface area contributed by atoms with Gasteiger partial charge in [0.05, 0.1) is 50.2 Å². The summed E-state index contributed by atoms with van der Waals surface area (Å²) in [6.07, 6.45) is 0. The van der Waals surface area contributed by atoms with Gasteiger partial charge < -0.3 is 24.4 Å². The molecule has 10 nitrogen and oxygen atoms in total. The highest BCUT2D eigenvalue weighted by molar-refractivity contribution is 6.06. The van der Waals surface area contributed by atoms with Crippen molar-refractivity contribution in [2.24, 2.45) is 5.73 Å². The first kappa shape index (κ1) is 26.1. The number of nitriles is 1. The van der Waals surface area contributed by atoms with Crippen molar-refractivity contribution in [3.05, 3.63) is 101 Å². The minimum Gasteiger partial charge on any atom is -0.497 e. The van der Waals surface area contributed by atoms with E-state index in [-0.39, 0.29) is 22.7 Å². The third-order valence-corrected chi connectivity index (χ3v) is 6.56. The zero-order chi connectivity index (χ0) is 28.4. The lowest BCUT2D eigenvalue weighted by Crippen LogP contribution is -2.40. The van der Waals surface area contributed by atoms with Crippen LogP contribution in [0.1, 0.15) is 11.5 Å². The van der Waals surface area contributed by atoms with Gasteiger partial charge in [-0.25, -0.2) is 14.6 Å². The van der Waals surface area contributed by atoms with E-state index in [2.05, 4.69) is 11.1 Å². The topological polar surface area (TPSA) is 141 Å². The first-order chi connectivity index (χ1) is 19.4. The molecule has 1 unspecified atom stereocenters. The Balaban J connectivity index is 1.72. The van der Waals surface area contributed by atoms with Gasteiger partial charge in [0.1, 0.15) is 22.8 Å². The normalized spacial score (nSPS) is 15.2. The molecule has 1 aliphatic heterocycles. The van der Waals surface area contributed by atoms with E-state index in [0.29, 0.717) is 39.6 Å². The average Bonchev–Trinajstić information content (AvgIpc) is 3.43. The van der Waals surface area contributed by atoms with Crippen LogP contribution in [-0.4, -0.2) is 38.3 Å². The summed E-state index contributed by atoms with van der Waals surface area (Å²) in [5.41, 5.74) is 8.95. The van der Waals surface area contributed by atoms with Crippen LogP contribution < -0.4 is 15.4 Å². The van der Waals surface area contributed by atoms with E-state index in [4.69, 9.17) is 24.4 Å². The Labute approximate surface area is 229 Å². The molecule has 1 aliphatic rings. The second-order valence-electron chi connectivity index (χ2n) is 8.74. The highest BCUT2D eigenvalue weighted by Crippen LogP contribution is 2.43. The van der Waals surface area contributed by atoms with Crippen molar-refractivity contribution in [3.8, 4) is 23.3 Å². The average molecular weight is 537 g/mol. The van der Waals surface area contributed by atoms with E-state index >= 15 is 0 Å². The minimum absolute atomic E-state index is 0.0451. The van der Waals surface area contributed by atoms with Crippen LogP contribution in [-0.2, 0) is 19.1 Å². The van der Waals surface area contributed by atoms with Gasteiger partial charge in [0.15, 0.2) is 5.58 Å². The van der Waals surface area contributed by atoms with Crippen LogP contribution in [0.2, 0.25) is 0 Å². The summed E-state index contributed by atoms with van der Waals surface area (Å²) in [4.78, 5) is 32.4. The maximum absolute atomic E-state index is 13.3. The van der Waals surface area contributed by atoms with Crippen LogP contribution in [0.15, 0.2) is 99.9 Å². The number of ether oxygens (including phenoxy) is 3. The lowest BCUT2D eigenvalue weighted by Gasteiger charge is -2.35. The second-order valence-corrected chi connectivity index (χ2v) is 8.74. The van der Waals surface area contributed by atoms with Crippen molar-refractivity contribution in [2.75, 3.05) is 26.2 Å². The molecular weight excluding hydrogens is 512 g/mol. The fourth-order valence-electron chi connectivity index (χ4n) is 4.71. The Morgan fingerprint density at radius 1 is 0.975 bits per heavy atom. The molecule has 1 atom stereocenters. The summed E-state index contributed by atoms with van der Waals surface area (Å²) in [5.74, 6) is -1.65. The molecule has 4 aromatic rings. The summed E-state index contributed by atoms with van der Waals surface area (Å²) in [6, 6.07) is 23.2. The number of hydrogen-bond donors (Lipinski definition) is 1. The Morgan fingerprint density at radius 2 is 1.73 bits per heavy atom. The summed E-state index contributed by atoms with van der Waals surface area (Å²) in [5, 5.41) is 10.2. The number of benzene rings is 3. The van der Waals surface area contributed by atoms with Crippen molar-refractivity contribution in [2.45, 2.75) is 5.92 Å². The quantitative estimate of drug-likeness (QED) is 0.352. The molecule has 3 aromatic carbocycles. The van der Waals surface area contributed by atoms with E-state index < -0.39 is 17.9 Å². The Hall–Kier alpha value is -5.56. The number of carbonyl (C=O) groups is 2. The maximum Gasteiger partial charge on any atom is 0.355 e. The monoisotopic (exact) mass is 536 g/mol. The second kappa shape index (κ2) is 10.7. The maximum atomic E-state index is 13.3. The third-order valence-electron chi connectivity index (χ3n) is 6.56. The van der Waals surface area contributed by atoms with Crippen LogP contribution in [0.3, 0.4) is 0 Å². The van der Waals surface area contributed by atoms with Gasteiger partial charge in [0, 0.05) is 11.6 Å². The number of nitrogens with two attached hydrogens (primary N) is 1. The standard InChI is InChI=1S/C30H24N4O6/c1-37-20-11-7-10-18(14-20)28-33-22-13-12-19(15-23(22)40-28)34-26(30(36)39-3)25(29(35)38-2)24(21(16-31)27(34)32)17-8-5-4-6-9-17/h4-15,24H,32H2,1-3H3. The zero-order valence-corrected chi connectivity index (χ0v) is 21.9. The molecule has 2 heterocycles. The number of esters is 2. The fraction of sp³-hybridized carbons (Fsp3) is 0.133. The van der Waals surface area contributed by atoms with Crippen LogP contribution in [0.4, 0.5) is 5.69 Å². The number of anilines is 1. The number of fused-ring (bicyclic) bond motifs is 1. The molecule has 0 spiro atoms. The lowest BCUT2D eigenvalue weighted by molar-refractivity contribution is -0.139. The molecule has 0 fully saturated rings. The fourth-order valence-corrected chi connectivity index (χ4v) is 4.71. The summed E-state index contributed by atoms with van der Waals surface area (Å²) in [7, 11) is 3.96. The molecule has 0 aliphatic carbocycles. The van der Waals surface area contributed by atoms with Gasteiger partial charge >= 0.3 is 11.9 Å². The van der Waals surface area contributed by atoms with Crippen molar-refractivity contribution in [1.82, 2.24) is 4.98 Å². The highest BCUT2D eigenvalue weighted by atomic mass is 16.5. The molecule has 0 saturated heterocycles. The molecule has 0 saturated carbocycles. The summed E-state index contributed by atoms with van der Waals surface area (Å²) < 4.78 is 21.5. The van der Waals surface area contributed by atoms with Gasteiger partial charge in [-0.1, -0.05) is 36.4 Å². The van der Waals surface area contributed by atoms with Crippen LogP contribution in [0.5, 0.6) is 5.75 Å². The van der Waals surface area contributed by atoms with E-state index in [1.807, 2.05) is 18.2 Å². The molecule has 2 N–H and O–H groups in total. The van der Waals surface area contributed by atoms with E-state index in [1.54, 1.807) is 61.7 Å². The molecule has 5 rings (SSSR count). The largest absolute Gasteiger partial charge is 0.497 e. The zero-order valence-electron chi connectivity index (χ0n) is 21.9. The van der Waals surface area contributed by atoms with Crippen LogP contribution in [0.25, 0.3) is 22.6 Å². The molecule has 0 radical (unpaired) electrons. The van der Waals surface area contributed by atoms with Gasteiger partial charge in [0.2, 0.25) is 5.89 Å². The first-order valence-corrected chi connectivity index (χ1v) is 12.1. The van der Waals surface area contributed by atoms with E-state index in [0.717, 1.165) is 0 Å². The summed E-state index contributed by atoms with van der Waals surface area (Å²) in [6.45, 7) is 0. The van der Waals surface area contributed by atoms with Gasteiger partial charge in [-0.2, -0.15) is 5.26 Å². The van der Waals surface area contributed by atoms with Crippen LogP contribution in [0, 0.1) is 11.3 Å². The van der Waals surface area contributed by atoms with E-state index in [1.165, 1.54) is 19.1 Å². The van der Waals surface area contributed by atoms with Gasteiger partial charge in [-0.05, 0) is 35.9 Å². The number of allylic oxidation sites excluding steroid dienone is 1. The molecular formula is C30H24N4O6. The smallest absolute Gasteiger partial charge is 0.355 e. The predicted octanol–water partition coefficient (Wildman–Crippen LogP) is 4.40. The van der Waals surface area contributed by atoms with Gasteiger partial charge in [-0.15, -0.1) is 0 Å². The number of carbonyl (C=O) groups excluding carboxylic acids is 2. The minimum atomic E-state index is -0.960. The van der Waals surface area contributed by atoms with Crippen molar-refractivity contribution < 1.29 is 28.2 Å². The number of oxazole rings is 1.